The van der Waals surface area contributed by atoms with Crippen LogP contribution in [0.15, 0.2) is 30.5 Å². The summed E-state index contributed by atoms with van der Waals surface area (Å²) in [5.74, 6) is -0.889. The Morgan fingerprint density at radius 2 is 1.96 bits per heavy atom. The molecule has 1 aromatic heterocycles. The van der Waals surface area contributed by atoms with Gasteiger partial charge in [-0.2, -0.15) is 5.10 Å². The monoisotopic (exact) mass is 375 g/mol. The van der Waals surface area contributed by atoms with Gasteiger partial charge in [-0.1, -0.05) is 0 Å². The molecule has 0 bridgehead atoms. The summed E-state index contributed by atoms with van der Waals surface area (Å²) >= 11 is 0. The molecule has 10 nitrogen and oxygen atoms in total. The fourth-order valence-electron chi connectivity index (χ4n) is 2.36. The summed E-state index contributed by atoms with van der Waals surface area (Å²) in [6.45, 7) is 5.24. The number of hydrogen-bond acceptors (Lipinski definition) is 7. The van der Waals surface area contributed by atoms with Gasteiger partial charge in [-0.05, 0) is 32.9 Å². The maximum atomic E-state index is 12.3. The quantitative estimate of drug-likeness (QED) is 0.432. The number of hydrogen-bond donors (Lipinski definition) is 2. The predicted molar refractivity (Wildman–Crippen MR) is 98.8 cm³/mol. The highest BCUT2D eigenvalue weighted by molar-refractivity contribution is 5.97. The van der Waals surface area contributed by atoms with Crippen LogP contribution in [0.5, 0.6) is 0 Å². The van der Waals surface area contributed by atoms with Crippen molar-refractivity contribution in [3.05, 3.63) is 46.1 Å². The summed E-state index contributed by atoms with van der Waals surface area (Å²) < 4.78 is 6.75. The number of nitro benzene ring substituents is 1. The van der Waals surface area contributed by atoms with Crippen LogP contribution in [0.4, 0.5) is 17.2 Å². The molecule has 0 fully saturated rings. The summed E-state index contributed by atoms with van der Waals surface area (Å²) in [6.07, 6.45) is 0.449. The topological polar surface area (TPSA) is 128 Å². The number of nitrogens with zero attached hydrogens (tertiary/aromatic N) is 3. The highest BCUT2D eigenvalue weighted by Gasteiger charge is 2.23. The van der Waals surface area contributed by atoms with Gasteiger partial charge in [-0.3, -0.25) is 14.9 Å². The molecule has 0 spiro atoms. The SMILES string of the molecule is CNc1ccc(C(=O)O[C@H](C)C(=O)Nc2ccnn2C(C)C)cc1[N+](=O)[O-]. The van der Waals surface area contributed by atoms with Gasteiger partial charge in [0.25, 0.3) is 11.6 Å². The molecule has 0 radical (unpaired) electrons. The molecule has 1 aromatic carbocycles. The molecule has 2 aromatic rings. The molecule has 0 saturated carbocycles. The van der Waals surface area contributed by atoms with E-state index in [1.54, 1.807) is 16.9 Å². The summed E-state index contributed by atoms with van der Waals surface area (Å²) in [4.78, 5) is 35.0. The maximum Gasteiger partial charge on any atom is 0.339 e. The fraction of sp³-hybridized carbons (Fsp3) is 0.353. The molecular formula is C17H21N5O5. The Kier molecular flexibility index (Phi) is 6.11. The van der Waals surface area contributed by atoms with E-state index in [9.17, 15) is 19.7 Å². The molecule has 27 heavy (non-hydrogen) atoms. The molecule has 0 unspecified atom stereocenters. The van der Waals surface area contributed by atoms with Crippen molar-refractivity contribution in [2.24, 2.45) is 0 Å². The summed E-state index contributed by atoms with van der Waals surface area (Å²) in [5, 5.41) is 20.5. The van der Waals surface area contributed by atoms with E-state index in [1.165, 1.54) is 26.1 Å². The maximum absolute atomic E-state index is 12.3. The van der Waals surface area contributed by atoms with Crippen LogP contribution in [-0.4, -0.2) is 39.7 Å². The molecule has 1 atom stereocenters. The third kappa shape index (κ3) is 4.60. The van der Waals surface area contributed by atoms with Crippen LogP contribution in [0, 0.1) is 10.1 Å². The van der Waals surface area contributed by atoms with E-state index >= 15 is 0 Å². The number of esters is 1. The molecule has 0 aliphatic heterocycles. The van der Waals surface area contributed by atoms with E-state index < -0.39 is 22.9 Å². The average molecular weight is 375 g/mol. The number of carbonyl (C=O) groups excluding carboxylic acids is 2. The summed E-state index contributed by atoms with van der Waals surface area (Å²) in [5.41, 5.74) is -0.0123. The Hall–Kier alpha value is -3.43. The Labute approximate surface area is 155 Å². The van der Waals surface area contributed by atoms with Gasteiger partial charge in [-0.25, -0.2) is 9.48 Å². The standard InChI is InChI=1S/C17H21N5O5/c1-10(2)21-15(7-8-19-21)20-16(23)11(3)27-17(24)12-5-6-13(18-4)14(9-12)22(25)26/h5-11,18H,1-4H3,(H,20,23)/t11-/m1/s1. The number of benzene rings is 1. The van der Waals surface area contributed by atoms with Crippen molar-refractivity contribution in [3.8, 4) is 0 Å². The third-order valence-corrected chi connectivity index (χ3v) is 3.76. The third-order valence-electron chi connectivity index (χ3n) is 3.76. The molecule has 144 valence electrons. The van der Waals surface area contributed by atoms with Crippen LogP contribution in [0.25, 0.3) is 0 Å². The number of ether oxygens (including phenoxy) is 1. The zero-order chi connectivity index (χ0) is 20.1. The van der Waals surface area contributed by atoms with Crippen molar-refractivity contribution in [2.45, 2.75) is 32.9 Å². The number of rotatable bonds is 7. The van der Waals surface area contributed by atoms with E-state index in [0.29, 0.717) is 5.82 Å². The van der Waals surface area contributed by atoms with Crippen LogP contribution >= 0.6 is 0 Å². The summed E-state index contributed by atoms with van der Waals surface area (Å²) in [6, 6.07) is 5.57. The zero-order valence-corrected chi connectivity index (χ0v) is 15.4. The number of aromatic nitrogens is 2. The molecule has 0 saturated heterocycles. The fourth-order valence-corrected chi connectivity index (χ4v) is 2.36. The van der Waals surface area contributed by atoms with E-state index in [4.69, 9.17) is 4.74 Å². The summed E-state index contributed by atoms with van der Waals surface area (Å²) in [7, 11) is 1.54. The molecule has 0 aliphatic carbocycles. The number of anilines is 2. The highest BCUT2D eigenvalue weighted by atomic mass is 16.6. The molecule has 10 heteroatoms. The lowest BCUT2D eigenvalue weighted by Crippen LogP contribution is -2.31. The Morgan fingerprint density at radius 1 is 1.26 bits per heavy atom. The Balaban J connectivity index is 2.08. The Morgan fingerprint density at radius 3 is 2.56 bits per heavy atom. The molecule has 0 aliphatic rings. The number of carbonyl (C=O) groups is 2. The van der Waals surface area contributed by atoms with Crippen molar-refractivity contribution in [2.75, 3.05) is 17.7 Å². The molecule has 2 N–H and O–H groups in total. The first-order chi connectivity index (χ1) is 12.7. The van der Waals surface area contributed by atoms with Gasteiger partial charge in [-0.15, -0.1) is 0 Å². The minimum atomic E-state index is -1.10. The van der Waals surface area contributed by atoms with Crippen molar-refractivity contribution >= 4 is 29.1 Å². The lowest BCUT2D eigenvalue weighted by molar-refractivity contribution is -0.384. The zero-order valence-electron chi connectivity index (χ0n) is 15.4. The minimum absolute atomic E-state index is 0.0208. The minimum Gasteiger partial charge on any atom is -0.449 e. The van der Waals surface area contributed by atoms with Crippen molar-refractivity contribution in [3.63, 3.8) is 0 Å². The molecular weight excluding hydrogens is 354 g/mol. The van der Waals surface area contributed by atoms with Gasteiger partial charge >= 0.3 is 5.97 Å². The molecule has 1 heterocycles. The second kappa shape index (κ2) is 8.30. The van der Waals surface area contributed by atoms with Crippen molar-refractivity contribution in [1.82, 2.24) is 9.78 Å². The highest BCUT2D eigenvalue weighted by Crippen LogP contribution is 2.25. The first-order valence-electron chi connectivity index (χ1n) is 8.26. The Bertz CT molecular complexity index is 861. The molecule has 2 rings (SSSR count). The second-order valence-electron chi connectivity index (χ2n) is 6.03. The van der Waals surface area contributed by atoms with Gasteiger partial charge in [0, 0.05) is 25.2 Å². The average Bonchev–Trinajstić information content (AvgIpc) is 3.09. The first-order valence-corrected chi connectivity index (χ1v) is 8.26. The van der Waals surface area contributed by atoms with E-state index in [-0.39, 0.29) is 23.0 Å². The van der Waals surface area contributed by atoms with Crippen LogP contribution in [0.2, 0.25) is 0 Å². The van der Waals surface area contributed by atoms with Crippen LogP contribution in [0.1, 0.15) is 37.2 Å². The van der Waals surface area contributed by atoms with Crippen molar-refractivity contribution in [1.29, 1.82) is 0 Å². The van der Waals surface area contributed by atoms with Crippen LogP contribution in [0.3, 0.4) is 0 Å². The lowest BCUT2D eigenvalue weighted by atomic mass is 10.1. The largest absolute Gasteiger partial charge is 0.449 e. The van der Waals surface area contributed by atoms with Gasteiger partial charge in [0.1, 0.15) is 11.5 Å². The van der Waals surface area contributed by atoms with Crippen LogP contribution < -0.4 is 10.6 Å². The first kappa shape index (κ1) is 19.9. The normalized spacial score (nSPS) is 11.7. The number of nitro groups is 1. The molecule has 1 amide bonds. The van der Waals surface area contributed by atoms with E-state index in [0.717, 1.165) is 6.07 Å². The van der Waals surface area contributed by atoms with Gasteiger partial charge < -0.3 is 15.4 Å². The van der Waals surface area contributed by atoms with E-state index in [1.807, 2.05) is 13.8 Å². The smallest absolute Gasteiger partial charge is 0.339 e. The second-order valence-corrected chi connectivity index (χ2v) is 6.03. The lowest BCUT2D eigenvalue weighted by Gasteiger charge is -2.16. The number of amides is 1. The van der Waals surface area contributed by atoms with Gasteiger partial charge in [0.15, 0.2) is 6.10 Å². The van der Waals surface area contributed by atoms with Crippen LogP contribution in [-0.2, 0) is 9.53 Å². The van der Waals surface area contributed by atoms with E-state index in [2.05, 4.69) is 15.7 Å². The predicted octanol–water partition coefficient (Wildman–Crippen LogP) is 2.60. The van der Waals surface area contributed by atoms with Crippen molar-refractivity contribution < 1.29 is 19.2 Å². The van der Waals surface area contributed by atoms with Gasteiger partial charge in [0.2, 0.25) is 0 Å². The van der Waals surface area contributed by atoms with Gasteiger partial charge in [0.05, 0.1) is 16.7 Å². The number of nitrogens with one attached hydrogen (secondary N) is 2.